The van der Waals surface area contributed by atoms with Gasteiger partial charge in [-0.3, -0.25) is 5.10 Å². The molecule has 0 unspecified atom stereocenters. The van der Waals surface area contributed by atoms with Crippen LogP contribution < -0.4 is 10.5 Å². The number of rotatable bonds is 4. The van der Waals surface area contributed by atoms with Crippen LogP contribution in [0, 0.1) is 6.92 Å². The first-order chi connectivity index (χ1) is 8.94. The molecule has 1 aliphatic heterocycles. The second-order valence-electron chi connectivity index (χ2n) is 5.03. The summed E-state index contributed by atoms with van der Waals surface area (Å²) in [5.41, 5.74) is 6.45. The van der Waals surface area contributed by atoms with E-state index in [1.165, 1.54) is 0 Å². The molecule has 1 fully saturated rings. The molecule has 0 radical (unpaired) electrons. The highest BCUT2D eigenvalue weighted by molar-refractivity contribution is 7.89. The van der Waals surface area contributed by atoms with Gasteiger partial charge in [-0.1, -0.05) is 0 Å². The second-order valence-corrected chi connectivity index (χ2v) is 6.68. The lowest BCUT2D eigenvalue weighted by Gasteiger charge is -2.29. The van der Waals surface area contributed by atoms with Gasteiger partial charge in [0.1, 0.15) is 4.90 Å². The van der Waals surface area contributed by atoms with Gasteiger partial charge in [-0.15, -0.1) is 0 Å². The average Bonchev–Trinajstić information content (AvgIpc) is 2.74. The van der Waals surface area contributed by atoms with Crippen molar-refractivity contribution in [3.8, 4) is 0 Å². The Labute approximate surface area is 113 Å². The van der Waals surface area contributed by atoms with Crippen LogP contribution in [-0.2, 0) is 16.6 Å². The zero-order valence-corrected chi connectivity index (χ0v) is 12.1. The molecule has 4 N–H and O–H groups in total. The van der Waals surface area contributed by atoms with Crippen molar-refractivity contribution >= 4 is 10.0 Å². The lowest BCUT2D eigenvalue weighted by Crippen LogP contribution is -2.43. The standard InChI is InChI=1S/C11H21N5O2S/c1-8-11(10(7-12)14-13-8)19(17,18)15-9-3-5-16(2)6-4-9/h9,15H,3-7,12H2,1-2H3,(H,13,14). The number of aryl methyl sites for hydroxylation is 1. The molecule has 2 heterocycles. The summed E-state index contributed by atoms with van der Waals surface area (Å²) in [4.78, 5) is 2.40. The highest BCUT2D eigenvalue weighted by Crippen LogP contribution is 2.19. The number of aromatic amines is 1. The summed E-state index contributed by atoms with van der Waals surface area (Å²) in [7, 11) is -1.51. The minimum Gasteiger partial charge on any atom is -0.325 e. The van der Waals surface area contributed by atoms with E-state index < -0.39 is 10.0 Å². The number of likely N-dealkylation sites (tertiary alicyclic amines) is 1. The topological polar surface area (TPSA) is 104 Å². The van der Waals surface area contributed by atoms with Crippen LogP contribution in [0.4, 0.5) is 0 Å². The average molecular weight is 287 g/mol. The first-order valence-corrected chi connectivity index (χ1v) is 7.87. The van der Waals surface area contributed by atoms with E-state index in [0.717, 1.165) is 25.9 Å². The number of sulfonamides is 1. The Morgan fingerprint density at radius 1 is 1.47 bits per heavy atom. The number of nitrogens with two attached hydrogens (primary N) is 1. The lowest BCUT2D eigenvalue weighted by molar-refractivity contribution is 0.248. The van der Waals surface area contributed by atoms with E-state index in [2.05, 4.69) is 19.8 Å². The monoisotopic (exact) mass is 287 g/mol. The molecule has 1 aliphatic rings. The number of piperidine rings is 1. The Morgan fingerprint density at radius 3 is 2.68 bits per heavy atom. The zero-order chi connectivity index (χ0) is 14.0. The van der Waals surface area contributed by atoms with Gasteiger partial charge in [0.05, 0.1) is 11.4 Å². The molecule has 7 nitrogen and oxygen atoms in total. The fourth-order valence-electron chi connectivity index (χ4n) is 2.37. The third-order valence-corrected chi connectivity index (χ3v) is 5.19. The summed E-state index contributed by atoms with van der Waals surface area (Å²) in [6.45, 7) is 3.60. The summed E-state index contributed by atoms with van der Waals surface area (Å²) in [6, 6.07) is -0.0128. The van der Waals surface area contributed by atoms with Crippen molar-refractivity contribution < 1.29 is 8.42 Å². The molecule has 0 saturated carbocycles. The predicted octanol–water partition coefficient (Wildman–Crippen LogP) is -0.451. The Kier molecular flexibility index (Phi) is 4.24. The van der Waals surface area contributed by atoms with E-state index in [9.17, 15) is 8.42 Å². The maximum absolute atomic E-state index is 12.4. The SMILES string of the molecule is Cc1[nH]nc(CN)c1S(=O)(=O)NC1CCN(C)CC1. The molecule has 0 bridgehead atoms. The number of nitrogens with zero attached hydrogens (tertiary/aromatic N) is 2. The number of H-pyrrole nitrogens is 1. The lowest BCUT2D eigenvalue weighted by atomic mass is 10.1. The van der Waals surface area contributed by atoms with Crippen LogP contribution >= 0.6 is 0 Å². The highest BCUT2D eigenvalue weighted by atomic mass is 32.2. The third-order valence-electron chi connectivity index (χ3n) is 3.46. The highest BCUT2D eigenvalue weighted by Gasteiger charge is 2.28. The van der Waals surface area contributed by atoms with Crippen LogP contribution in [0.2, 0.25) is 0 Å². The van der Waals surface area contributed by atoms with Crippen molar-refractivity contribution in [1.29, 1.82) is 0 Å². The molecule has 2 rings (SSSR count). The third kappa shape index (κ3) is 3.14. The van der Waals surface area contributed by atoms with E-state index in [0.29, 0.717) is 11.4 Å². The van der Waals surface area contributed by atoms with Gasteiger partial charge in [0.25, 0.3) is 0 Å². The van der Waals surface area contributed by atoms with E-state index in [-0.39, 0.29) is 17.5 Å². The fourth-order valence-corrected chi connectivity index (χ4v) is 4.05. The molecule has 8 heteroatoms. The van der Waals surface area contributed by atoms with Crippen molar-refractivity contribution in [3.05, 3.63) is 11.4 Å². The van der Waals surface area contributed by atoms with Gasteiger partial charge in [-0.05, 0) is 39.9 Å². The van der Waals surface area contributed by atoms with Gasteiger partial charge in [-0.25, -0.2) is 13.1 Å². The Morgan fingerprint density at radius 2 is 2.11 bits per heavy atom. The van der Waals surface area contributed by atoms with Crippen molar-refractivity contribution in [2.75, 3.05) is 20.1 Å². The molecule has 0 amide bonds. The van der Waals surface area contributed by atoms with Crippen molar-refractivity contribution in [2.24, 2.45) is 5.73 Å². The van der Waals surface area contributed by atoms with Crippen molar-refractivity contribution in [1.82, 2.24) is 19.8 Å². The van der Waals surface area contributed by atoms with Gasteiger partial charge in [0.2, 0.25) is 10.0 Å². The van der Waals surface area contributed by atoms with E-state index in [4.69, 9.17) is 5.73 Å². The largest absolute Gasteiger partial charge is 0.325 e. The molecule has 0 spiro atoms. The van der Waals surface area contributed by atoms with Crippen molar-refractivity contribution in [3.63, 3.8) is 0 Å². The number of hydrogen-bond donors (Lipinski definition) is 3. The van der Waals surface area contributed by atoms with Crippen LogP contribution in [-0.4, -0.2) is 49.7 Å². The summed E-state index contributed by atoms with van der Waals surface area (Å²) >= 11 is 0. The van der Waals surface area contributed by atoms with Gasteiger partial charge < -0.3 is 10.6 Å². The first-order valence-electron chi connectivity index (χ1n) is 6.39. The maximum Gasteiger partial charge on any atom is 0.244 e. The van der Waals surface area contributed by atoms with Gasteiger partial charge >= 0.3 is 0 Å². The first kappa shape index (κ1) is 14.4. The summed E-state index contributed by atoms with van der Waals surface area (Å²) in [5, 5.41) is 6.61. The van der Waals surface area contributed by atoms with E-state index in [1.54, 1.807) is 6.92 Å². The Bertz CT molecular complexity index is 531. The minimum atomic E-state index is -3.55. The molecule has 1 saturated heterocycles. The molecular formula is C11H21N5O2S. The van der Waals surface area contributed by atoms with Crippen LogP contribution in [0.1, 0.15) is 24.2 Å². The van der Waals surface area contributed by atoms with Crippen molar-refractivity contribution in [2.45, 2.75) is 37.2 Å². The second kappa shape index (κ2) is 5.58. The molecule has 0 atom stereocenters. The predicted molar refractivity (Wildman–Crippen MR) is 72.1 cm³/mol. The number of hydrogen-bond acceptors (Lipinski definition) is 5. The molecular weight excluding hydrogens is 266 g/mol. The summed E-state index contributed by atoms with van der Waals surface area (Å²) in [5.74, 6) is 0. The zero-order valence-electron chi connectivity index (χ0n) is 11.3. The van der Waals surface area contributed by atoms with E-state index >= 15 is 0 Å². The molecule has 0 aromatic carbocycles. The molecule has 19 heavy (non-hydrogen) atoms. The Balaban J connectivity index is 2.16. The number of nitrogens with one attached hydrogen (secondary N) is 2. The summed E-state index contributed by atoms with van der Waals surface area (Å²) < 4.78 is 27.6. The van der Waals surface area contributed by atoms with Crippen LogP contribution in [0.25, 0.3) is 0 Å². The van der Waals surface area contributed by atoms with E-state index in [1.807, 2.05) is 7.05 Å². The van der Waals surface area contributed by atoms with Gasteiger partial charge in [0.15, 0.2) is 0 Å². The van der Waals surface area contributed by atoms with Gasteiger partial charge in [0, 0.05) is 12.6 Å². The quantitative estimate of drug-likeness (QED) is 0.696. The summed E-state index contributed by atoms with van der Waals surface area (Å²) in [6.07, 6.45) is 1.65. The smallest absolute Gasteiger partial charge is 0.244 e. The van der Waals surface area contributed by atoms with Gasteiger partial charge in [-0.2, -0.15) is 5.10 Å². The minimum absolute atomic E-state index is 0.0128. The maximum atomic E-state index is 12.4. The molecule has 1 aromatic heterocycles. The number of aromatic nitrogens is 2. The van der Waals surface area contributed by atoms with Crippen LogP contribution in [0.5, 0.6) is 0 Å². The Hall–Kier alpha value is -0.960. The molecule has 1 aromatic rings. The van der Waals surface area contributed by atoms with Crippen LogP contribution in [0.15, 0.2) is 4.90 Å². The fraction of sp³-hybridized carbons (Fsp3) is 0.727. The molecule has 0 aliphatic carbocycles. The normalized spacial score (nSPS) is 18.9. The molecule has 108 valence electrons. The van der Waals surface area contributed by atoms with Crippen LogP contribution in [0.3, 0.4) is 0 Å².